The van der Waals surface area contributed by atoms with Gasteiger partial charge in [0.1, 0.15) is 6.54 Å². The fraction of sp³-hybridized carbons (Fsp3) is 0.333. The molecule has 0 saturated carbocycles. The van der Waals surface area contributed by atoms with E-state index in [0.29, 0.717) is 12.1 Å². The number of nitrogens with zero attached hydrogens (tertiary/aromatic N) is 2. The van der Waals surface area contributed by atoms with Gasteiger partial charge in [-0.05, 0) is 51.5 Å². The molecule has 1 unspecified atom stereocenters. The smallest absolute Gasteiger partial charge is 0.254 e. The summed E-state index contributed by atoms with van der Waals surface area (Å²) in [4.78, 5) is 29.1. The Morgan fingerprint density at radius 3 is 2.32 bits per heavy atom. The Morgan fingerprint density at radius 2 is 1.64 bits per heavy atom. The molecule has 1 saturated heterocycles. The van der Waals surface area contributed by atoms with Crippen LogP contribution in [-0.2, 0) is 4.79 Å². The van der Waals surface area contributed by atoms with Gasteiger partial charge in [0.15, 0.2) is 0 Å². The molecular weight excluding hydrogens is 312 g/mol. The number of carbonyl (C=O) groups excluding carboxylic acids is 2. The zero-order valence-corrected chi connectivity index (χ0v) is 15.2. The molecule has 2 amide bonds. The number of anilines is 1. The molecule has 0 spiro atoms. The van der Waals surface area contributed by atoms with Crippen molar-refractivity contribution in [2.24, 2.45) is 0 Å². The van der Waals surface area contributed by atoms with E-state index >= 15 is 0 Å². The van der Waals surface area contributed by atoms with Crippen LogP contribution in [0.5, 0.6) is 0 Å². The number of amides is 2. The van der Waals surface area contributed by atoms with Crippen molar-refractivity contribution in [2.45, 2.75) is 33.7 Å². The van der Waals surface area contributed by atoms with E-state index < -0.39 is 0 Å². The van der Waals surface area contributed by atoms with Gasteiger partial charge >= 0.3 is 0 Å². The normalized spacial score (nSPS) is 17.8. The van der Waals surface area contributed by atoms with Crippen molar-refractivity contribution >= 4 is 17.5 Å². The monoisotopic (exact) mass is 336 g/mol. The van der Waals surface area contributed by atoms with Crippen LogP contribution in [0.15, 0.2) is 42.5 Å². The first kappa shape index (κ1) is 17.2. The Balaban J connectivity index is 1.82. The number of piperazine rings is 1. The summed E-state index contributed by atoms with van der Waals surface area (Å²) in [6.45, 7) is 8.55. The highest BCUT2D eigenvalue weighted by molar-refractivity contribution is 6.02. The molecule has 1 aliphatic heterocycles. The Kier molecular flexibility index (Phi) is 4.62. The molecule has 25 heavy (non-hydrogen) atoms. The van der Waals surface area contributed by atoms with Gasteiger partial charge in [-0.3, -0.25) is 9.59 Å². The number of benzene rings is 2. The summed E-state index contributed by atoms with van der Waals surface area (Å²) in [5.74, 6) is -0.105. The van der Waals surface area contributed by atoms with E-state index in [4.69, 9.17) is 0 Å². The summed E-state index contributed by atoms with van der Waals surface area (Å²) in [6.07, 6.45) is 0. The first-order valence-electron chi connectivity index (χ1n) is 8.62. The summed E-state index contributed by atoms with van der Waals surface area (Å²) < 4.78 is 0. The minimum Gasteiger partial charge on any atom is -0.325 e. The second-order valence-corrected chi connectivity index (χ2v) is 6.94. The van der Waals surface area contributed by atoms with E-state index in [2.05, 4.69) is 0 Å². The van der Waals surface area contributed by atoms with E-state index in [1.54, 1.807) is 9.80 Å². The maximum atomic E-state index is 13.0. The lowest BCUT2D eigenvalue weighted by atomic mass is 10.0. The average Bonchev–Trinajstić information content (AvgIpc) is 2.59. The van der Waals surface area contributed by atoms with Gasteiger partial charge in [0, 0.05) is 23.8 Å². The lowest BCUT2D eigenvalue weighted by Gasteiger charge is -2.39. The van der Waals surface area contributed by atoms with Crippen LogP contribution in [0.2, 0.25) is 0 Å². The summed E-state index contributed by atoms with van der Waals surface area (Å²) in [7, 11) is 0. The molecule has 2 aromatic rings. The van der Waals surface area contributed by atoms with Gasteiger partial charge in [-0.2, -0.15) is 0 Å². The molecule has 0 radical (unpaired) electrons. The fourth-order valence-corrected chi connectivity index (χ4v) is 3.22. The van der Waals surface area contributed by atoms with Gasteiger partial charge in [0.2, 0.25) is 5.91 Å². The molecule has 0 N–H and O–H groups in total. The first-order valence-corrected chi connectivity index (χ1v) is 8.62. The molecule has 0 aliphatic carbocycles. The van der Waals surface area contributed by atoms with Crippen molar-refractivity contribution in [1.82, 2.24) is 4.90 Å². The Morgan fingerprint density at radius 1 is 1.00 bits per heavy atom. The maximum Gasteiger partial charge on any atom is 0.254 e. The van der Waals surface area contributed by atoms with Crippen molar-refractivity contribution in [3.63, 3.8) is 0 Å². The first-order chi connectivity index (χ1) is 11.9. The van der Waals surface area contributed by atoms with E-state index in [0.717, 1.165) is 22.4 Å². The Hall–Kier alpha value is -2.62. The van der Waals surface area contributed by atoms with Crippen molar-refractivity contribution in [3.8, 4) is 0 Å². The molecule has 0 aromatic heterocycles. The van der Waals surface area contributed by atoms with Crippen LogP contribution in [0.1, 0.15) is 34.0 Å². The standard InChI is InChI=1S/C21H24N2O2/c1-14-6-9-18(10-7-14)23-12-17(4)22(13-20(23)24)21(25)19-11-15(2)5-8-16(19)3/h5-11,17H,12-13H2,1-4H3. The topological polar surface area (TPSA) is 40.6 Å². The van der Waals surface area contributed by atoms with Crippen LogP contribution in [0.25, 0.3) is 0 Å². The maximum absolute atomic E-state index is 13.0. The summed E-state index contributed by atoms with van der Waals surface area (Å²) in [5, 5.41) is 0. The third-order valence-electron chi connectivity index (χ3n) is 4.82. The second-order valence-electron chi connectivity index (χ2n) is 6.94. The second kappa shape index (κ2) is 6.71. The number of rotatable bonds is 2. The molecule has 4 heteroatoms. The minimum absolute atomic E-state index is 0.0357. The highest BCUT2D eigenvalue weighted by Crippen LogP contribution is 2.23. The molecule has 130 valence electrons. The summed E-state index contributed by atoms with van der Waals surface area (Å²) in [5.41, 5.74) is 4.72. The van der Waals surface area contributed by atoms with Crippen molar-refractivity contribution in [1.29, 1.82) is 0 Å². The van der Waals surface area contributed by atoms with Gasteiger partial charge in [-0.25, -0.2) is 0 Å². The third kappa shape index (κ3) is 3.43. The molecule has 3 rings (SSSR count). The predicted molar refractivity (Wildman–Crippen MR) is 99.9 cm³/mol. The quantitative estimate of drug-likeness (QED) is 0.842. The number of hydrogen-bond donors (Lipinski definition) is 0. The van der Waals surface area contributed by atoms with E-state index in [1.165, 1.54) is 0 Å². The lowest BCUT2D eigenvalue weighted by molar-refractivity contribution is -0.121. The van der Waals surface area contributed by atoms with Gasteiger partial charge < -0.3 is 9.80 Å². The SMILES string of the molecule is Cc1ccc(N2CC(C)N(C(=O)c3cc(C)ccc3C)CC2=O)cc1. The van der Waals surface area contributed by atoms with Gasteiger partial charge in [-0.1, -0.05) is 35.4 Å². The zero-order chi connectivity index (χ0) is 18.1. The van der Waals surface area contributed by atoms with Crippen LogP contribution < -0.4 is 4.90 Å². The van der Waals surface area contributed by atoms with Gasteiger partial charge in [0.05, 0.1) is 0 Å². The fourth-order valence-electron chi connectivity index (χ4n) is 3.22. The minimum atomic E-state index is -0.0643. The molecular formula is C21H24N2O2. The van der Waals surface area contributed by atoms with Crippen LogP contribution in [0, 0.1) is 20.8 Å². The molecule has 1 heterocycles. The third-order valence-corrected chi connectivity index (χ3v) is 4.82. The van der Waals surface area contributed by atoms with Gasteiger partial charge in [0.25, 0.3) is 5.91 Å². The Bertz CT molecular complexity index is 811. The summed E-state index contributed by atoms with van der Waals surface area (Å²) in [6, 6.07) is 13.7. The Labute approximate surface area is 149 Å². The molecule has 0 bridgehead atoms. The summed E-state index contributed by atoms with van der Waals surface area (Å²) >= 11 is 0. The van der Waals surface area contributed by atoms with E-state index in [1.807, 2.05) is 70.2 Å². The number of hydrogen-bond acceptors (Lipinski definition) is 2. The molecule has 1 aliphatic rings. The molecule has 1 fully saturated rings. The highest BCUT2D eigenvalue weighted by Gasteiger charge is 2.34. The van der Waals surface area contributed by atoms with E-state index in [9.17, 15) is 9.59 Å². The molecule has 2 aromatic carbocycles. The van der Waals surface area contributed by atoms with Crippen LogP contribution in [-0.4, -0.2) is 35.8 Å². The van der Waals surface area contributed by atoms with Crippen LogP contribution in [0.4, 0.5) is 5.69 Å². The molecule has 1 atom stereocenters. The number of aryl methyl sites for hydroxylation is 3. The average molecular weight is 336 g/mol. The highest BCUT2D eigenvalue weighted by atomic mass is 16.2. The van der Waals surface area contributed by atoms with Crippen molar-refractivity contribution in [2.75, 3.05) is 18.0 Å². The van der Waals surface area contributed by atoms with Gasteiger partial charge in [-0.15, -0.1) is 0 Å². The largest absolute Gasteiger partial charge is 0.325 e. The van der Waals surface area contributed by atoms with Crippen LogP contribution in [0.3, 0.4) is 0 Å². The zero-order valence-electron chi connectivity index (χ0n) is 15.2. The van der Waals surface area contributed by atoms with Crippen LogP contribution >= 0.6 is 0 Å². The lowest BCUT2D eigenvalue weighted by Crippen LogP contribution is -2.57. The van der Waals surface area contributed by atoms with Crippen molar-refractivity contribution < 1.29 is 9.59 Å². The van der Waals surface area contributed by atoms with Crippen molar-refractivity contribution in [3.05, 3.63) is 64.7 Å². The predicted octanol–water partition coefficient (Wildman–Crippen LogP) is 3.49. The number of carbonyl (C=O) groups is 2. The van der Waals surface area contributed by atoms with E-state index in [-0.39, 0.29) is 24.4 Å². The molecule has 4 nitrogen and oxygen atoms in total.